The summed E-state index contributed by atoms with van der Waals surface area (Å²) < 4.78 is 1.89. The van der Waals surface area contributed by atoms with Crippen molar-refractivity contribution in [2.75, 3.05) is 0 Å². The Morgan fingerprint density at radius 1 is 1.38 bits per heavy atom. The zero-order valence-electron chi connectivity index (χ0n) is 10.6. The van der Waals surface area contributed by atoms with Gasteiger partial charge in [-0.1, -0.05) is 26.0 Å². The Hall–Kier alpha value is -1.19. The van der Waals surface area contributed by atoms with Crippen molar-refractivity contribution in [1.82, 2.24) is 15.0 Å². The smallest absolute Gasteiger partial charge is 0.172 e. The minimum Gasteiger partial charge on any atom is -0.296 e. The van der Waals surface area contributed by atoms with E-state index in [1.165, 1.54) is 0 Å². The highest BCUT2D eigenvalue weighted by Crippen LogP contribution is 2.17. The lowest BCUT2D eigenvalue weighted by molar-refractivity contribution is 0.111. The maximum Gasteiger partial charge on any atom is 0.172 e. The number of rotatable bonds is 6. The maximum absolute atomic E-state index is 10.9. The van der Waals surface area contributed by atoms with Gasteiger partial charge in [-0.3, -0.25) is 4.79 Å². The van der Waals surface area contributed by atoms with Gasteiger partial charge in [0.15, 0.2) is 6.29 Å². The Morgan fingerprint density at radius 3 is 2.56 bits per heavy atom. The lowest BCUT2D eigenvalue weighted by Crippen LogP contribution is -2.11. The molecule has 1 aromatic rings. The summed E-state index contributed by atoms with van der Waals surface area (Å²) in [6, 6.07) is 0.309. The molecule has 0 aromatic carbocycles. The van der Waals surface area contributed by atoms with E-state index in [1.807, 2.05) is 4.68 Å². The van der Waals surface area contributed by atoms with E-state index in [4.69, 9.17) is 0 Å². The number of aldehydes is 1. The summed E-state index contributed by atoms with van der Waals surface area (Å²) in [5, 5.41) is 8.00. The van der Waals surface area contributed by atoms with E-state index in [0.29, 0.717) is 17.7 Å². The molecule has 1 rings (SSSR count). The average molecular weight is 223 g/mol. The summed E-state index contributed by atoms with van der Waals surface area (Å²) >= 11 is 0. The Labute approximate surface area is 97.0 Å². The Morgan fingerprint density at radius 2 is 2.06 bits per heavy atom. The molecule has 1 unspecified atom stereocenters. The van der Waals surface area contributed by atoms with Gasteiger partial charge in [-0.05, 0) is 32.1 Å². The number of nitrogens with zero attached hydrogens (tertiary/aromatic N) is 3. The minimum absolute atomic E-state index is 0.309. The standard InChI is InChI=1S/C12H21N3O/c1-5-10(4)15-12(7-6-9(2)3)11(8-16)13-14-15/h8-10H,5-7H2,1-4H3. The van der Waals surface area contributed by atoms with Crippen molar-refractivity contribution in [2.45, 2.75) is 53.0 Å². The fourth-order valence-electron chi connectivity index (χ4n) is 1.61. The number of aromatic nitrogens is 3. The van der Waals surface area contributed by atoms with E-state index in [-0.39, 0.29) is 0 Å². The minimum atomic E-state index is 0.309. The Bertz CT molecular complexity index is 344. The molecular weight excluding hydrogens is 202 g/mol. The fourth-order valence-corrected chi connectivity index (χ4v) is 1.61. The van der Waals surface area contributed by atoms with E-state index in [9.17, 15) is 4.79 Å². The van der Waals surface area contributed by atoms with Crippen LogP contribution in [0, 0.1) is 5.92 Å². The molecule has 0 spiro atoms. The van der Waals surface area contributed by atoms with Gasteiger partial charge >= 0.3 is 0 Å². The van der Waals surface area contributed by atoms with Crippen LogP contribution in [-0.4, -0.2) is 21.3 Å². The summed E-state index contributed by atoms with van der Waals surface area (Å²) in [5.41, 5.74) is 1.49. The highest BCUT2D eigenvalue weighted by Gasteiger charge is 2.15. The molecule has 0 aliphatic heterocycles. The van der Waals surface area contributed by atoms with Gasteiger partial charge in [-0.2, -0.15) is 0 Å². The van der Waals surface area contributed by atoms with E-state index >= 15 is 0 Å². The summed E-state index contributed by atoms with van der Waals surface area (Å²) in [6.07, 6.45) is 3.74. The first-order valence-electron chi connectivity index (χ1n) is 5.99. The van der Waals surface area contributed by atoms with Crippen LogP contribution in [0.1, 0.15) is 62.8 Å². The quantitative estimate of drug-likeness (QED) is 0.696. The van der Waals surface area contributed by atoms with E-state index in [1.54, 1.807) is 0 Å². The molecule has 0 bridgehead atoms. The van der Waals surface area contributed by atoms with Gasteiger partial charge in [-0.15, -0.1) is 5.10 Å². The predicted octanol–water partition coefficient (Wildman–Crippen LogP) is 2.65. The molecule has 90 valence electrons. The van der Waals surface area contributed by atoms with E-state index < -0.39 is 0 Å². The molecule has 0 aliphatic carbocycles. The van der Waals surface area contributed by atoms with Crippen molar-refractivity contribution in [2.24, 2.45) is 5.92 Å². The number of carbonyl (C=O) groups is 1. The normalized spacial score (nSPS) is 13.1. The van der Waals surface area contributed by atoms with Crippen LogP contribution in [-0.2, 0) is 6.42 Å². The molecule has 0 N–H and O–H groups in total. The van der Waals surface area contributed by atoms with Gasteiger partial charge in [-0.25, -0.2) is 4.68 Å². The fraction of sp³-hybridized carbons (Fsp3) is 0.750. The first-order chi connectivity index (χ1) is 7.60. The highest BCUT2D eigenvalue weighted by atomic mass is 16.1. The third kappa shape index (κ3) is 2.90. The molecule has 1 heterocycles. The van der Waals surface area contributed by atoms with Gasteiger partial charge in [0, 0.05) is 0 Å². The largest absolute Gasteiger partial charge is 0.296 e. The van der Waals surface area contributed by atoms with Crippen LogP contribution < -0.4 is 0 Å². The van der Waals surface area contributed by atoms with Crippen molar-refractivity contribution in [1.29, 1.82) is 0 Å². The van der Waals surface area contributed by atoms with Crippen molar-refractivity contribution < 1.29 is 4.79 Å². The molecule has 0 aliphatic rings. The third-order valence-electron chi connectivity index (χ3n) is 2.90. The lowest BCUT2D eigenvalue weighted by atomic mass is 10.1. The van der Waals surface area contributed by atoms with E-state index in [2.05, 4.69) is 38.0 Å². The molecule has 0 saturated carbocycles. The van der Waals surface area contributed by atoms with E-state index in [0.717, 1.165) is 31.2 Å². The van der Waals surface area contributed by atoms with Gasteiger partial charge in [0.25, 0.3) is 0 Å². The molecule has 1 atom stereocenters. The van der Waals surface area contributed by atoms with Crippen LogP contribution in [0.25, 0.3) is 0 Å². The lowest BCUT2D eigenvalue weighted by Gasteiger charge is -2.13. The van der Waals surface area contributed by atoms with Crippen LogP contribution in [0.3, 0.4) is 0 Å². The molecule has 0 saturated heterocycles. The monoisotopic (exact) mass is 223 g/mol. The summed E-state index contributed by atoms with van der Waals surface area (Å²) in [5.74, 6) is 0.625. The van der Waals surface area contributed by atoms with Crippen LogP contribution in [0.5, 0.6) is 0 Å². The van der Waals surface area contributed by atoms with Gasteiger partial charge in [0.1, 0.15) is 5.69 Å². The zero-order valence-corrected chi connectivity index (χ0v) is 10.6. The Kier molecular flexibility index (Phi) is 4.65. The van der Waals surface area contributed by atoms with Gasteiger partial charge in [0.2, 0.25) is 0 Å². The number of hydrogen-bond acceptors (Lipinski definition) is 3. The molecule has 16 heavy (non-hydrogen) atoms. The first kappa shape index (κ1) is 12.9. The van der Waals surface area contributed by atoms with Crippen LogP contribution >= 0.6 is 0 Å². The molecule has 4 heteroatoms. The topological polar surface area (TPSA) is 47.8 Å². The molecular formula is C12H21N3O. The second-order valence-electron chi connectivity index (χ2n) is 4.67. The van der Waals surface area contributed by atoms with Crippen LogP contribution in [0.4, 0.5) is 0 Å². The summed E-state index contributed by atoms with van der Waals surface area (Å²) in [6.45, 7) is 8.57. The van der Waals surface area contributed by atoms with Gasteiger partial charge < -0.3 is 0 Å². The third-order valence-corrected chi connectivity index (χ3v) is 2.90. The van der Waals surface area contributed by atoms with Crippen molar-refractivity contribution in [3.63, 3.8) is 0 Å². The summed E-state index contributed by atoms with van der Waals surface area (Å²) in [4.78, 5) is 10.9. The van der Waals surface area contributed by atoms with Crippen LogP contribution in [0.15, 0.2) is 0 Å². The second-order valence-corrected chi connectivity index (χ2v) is 4.67. The molecule has 0 amide bonds. The van der Waals surface area contributed by atoms with Crippen LogP contribution in [0.2, 0.25) is 0 Å². The second kappa shape index (κ2) is 5.77. The maximum atomic E-state index is 10.9. The first-order valence-corrected chi connectivity index (χ1v) is 5.99. The van der Waals surface area contributed by atoms with Crippen molar-refractivity contribution in [3.8, 4) is 0 Å². The molecule has 1 aromatic heterocycles. The van der Waals surface area contributed by atoms with Gasteiger partial charge in [0.05, 0.1) is 11.7 Å². The highest BCUT2D eigenvalue weighted by molar-refractivity contribution is 5.73. The zero-order chi connectivity index (χ0) is 12.1. The molecule has 0 fully saturated rings. The Balaban J connectivity index is 2.91. The molecule has 0 radical (unpaired) electrons. The number of hydrogen-bond donors (Lipinski definition) is 0. The van der Waals surface area contributed by atoms with Crippen molar-refractivity contribution >= 4 is 6.29 Å². The van der Waals surface area contributed by atoms with Crippen molar-refractivity contribution in [3.05, 3.63) is 11.4 Å². The SMILES string of the molecule is CCC(C)n1nnc(C=O)c1CCC(C)C. The molecule has 4 nitrogen and oxygen atoms in total. The average Bonchev–Trinajstić information content (AvgIpc) is 2.67. The number of carbonyl (C=O) groups excluding carboxylic acids is 1. The predicted molar refractivity (Wildman–Crippen MR) is 63.6 cm³/mol. The summed E-state index contributed by atoms with van der Waals surface area (Å²) in [7, 11) is 0.